The van der Waals surface area contributed by atoms with E-state index in [1.54, 1.807) is 12.1 Å². The lowest BCUT2D eigenvalue weighted by Gasteiger charge is -2.16. The summed E-state index contributed by atoms with van der Waals surface area (Å²) in [6.07, 6.45) is 5.01. The van der Waals surface area contributed by atoms with Gasteiger partial charge in [0.1, 0.15) is 18.2 Å². The van der Waals surface area contributed by atoms with Crippen LogP contribution >= 0.6 is 0 Å². The van der Waals surface area contributed by atoms with Gasteiger partial charge in [0.05, 0.1) is 6.54 Å². The molecular formula is C16H24FN3O. The number of benzene rings is 1. The maximum absolute atomic E-state index is 13.0. The molecule has 1 aliphatic rings. The molecule has 0 aromatic heterocycles. The minimum absolute atomic E-state index is 0.285. The Labute approximate surface area is 125 Å². The van der Waals surface area contributed by atoms with Gasteiger partial charge in [-0.1, -0.05) is 18.9 Å². The Kier molecular flexibility index (Phi) is 6.31. The Balaban J connectivity index is 1.76. The van der Waals surface area contributed by atoms with Crippen LogP contribution in [0.4, 0.5) is 4.39 Å². The average Bonchev–Trinajstić information content (AvgIpc) is 2.97. The minimum atomic E-state index is -0.285. The first-order valence-corrected chi connectivity index (χ1v) is 7.71. The number of halogens is 1. The van der Waals surface area contributed by atoms with Crippen molar-refractivity contribution < 1.29 is 9.13 Å². The molecule has 0 saturated heterocycles. The summed E-state index contributed by atoms with van der Waals surface area (Å²) >= 11 is 0. The average molecular weight is 293 g/mol. The number of hydrogen-bond acceptors (Lipinski definition) is 2. The van der Waals surface area contributed by atoms with Crippen LogP contribution in [-0.4, -0.2) is 31.7 Å². The number of aliphatic imine (C=N–C) groups is 1. The van der Waals surface area contributed by atoms with Crippen LogP contribution in [0.3, 0.4) is 0 Å². The summed E-state index contributed by atoms with van der Waals surface area (Å²) < 4.78 is 18.5. The van der Waals surface area contributed by atoms with Crippen molar-refractivity contribution in [3.63, 3.8) is 0 Å². The summed E-state index contributed by atoms with van der Waals surface area (Å²) in [5.41, 5.74) is 0. The monoisotopic (exact) mass is 293 g/mol. The Morgan fingerprint density at radius 2 is 2.19 bits per heavy atom. The first kappa shape index (κ1) is 15.6. The van der Waals surface area contributed by atoms with Crippen molar-refractivity contribution in [2.75, 3.05) is 19.7 Å². The number of guanidine groups is 1. The van der Waals surface area contributed by atoms with Gasteiger partial charge in [-0.05, 0) is 31.9 Å². The largest absolute Gasteiger partial charge is 0.492 e. The summed E-state index contributed by atoms with van der Waals surface area (Å²) in [7, 11) is 0. The number of hydrogen-bond donors (Lipinski definition) is 2. The third-order valence-electron chi connectivity index (χ3n) is 3.47. The molecule has 0 bridgehead atoms. The third kappa shape index (κ3) is 5.61. The summed E-state index contributed by atoms with van der Waals surface area (Å²) in [6, 6.07) is 6.70. The molecule has 0 heterocycles. The topological polar surface area (TPSA) is 45.7 Å². The molecule has 0 aliphatic heterocycles. The van der Waals surface area contributed by atoms with Crippen LogP contribution in [0.15, 0.2) is 29.3 Å². The van der Waals surface area contributed by atoms with E-state index in [2.05, 4.69) is 22.5 Å². The van der Waals surface area contributed by atoms with E-state index in [4.69, 9.17) is 4.74 Å². The quantitative estimate of drug-likeness (QED) is 0.481. The Morgan fingerprint density at radius 1 is 1.38 bits per heavy atom. The second-order valence-electron chi connectivity index (χ2n) is 5.19. The zero-order chi connectivity index (χ0) is 14.9. The van der Waals surface area contributed by atoms with E-state index in [-0.39, 0.29) is 5.82 Å². The van der Waals surface area contributed by atoms with E-state index < -0.39 is 0 Å². The summed E-state index contributed by atoms with van der Waals surface area (Å²) in [5, 5.41) is 6.69. The van der Waals surface area contributed by atoms with Gasteiger partial charge in [0.15, 0.2) is 5.96 Å². The molecule has 0 unspecified atom stereocenters. The number of rotatable bonds is 6. The van der Waals surface area contributed by atoms with Gasteiger partial charge in [-0.25, -0.2) is 9.38 Å². The molecule has 1 aromatic rings. The lowest BCUT2D eigenvalue weighted by molar-refractivity contribution is 0.326. The Bertz CT molecular complexity index is 459. The lowest BCUT2D eigenvalue weighted by Crippen LogP contribution is -2.42. The summed E-state index contributed by atoms with van der Waals surface area (Å²) in [5.74, 6) is 1.10. The van der Waals surface area contributed by atoms with Gasteiger partial charge < -0.3 is 15.4 Å². The van der Waals surface area contributed by atoms with Crippen LogP contribution in [0.2, 0.25) is 0 Å². The van der Waals surface area contributed by atoms with Gasteiger partial charge in [-0.3, -0.25) is 0 Å². The smallest absolute Gasteiger partial charge is 0.191 e. The molecule has 2 rings (SSSR count). The van der Waals surface area contributed by atoms with Crippen molar-refractivity contribution >= 4 is 5.96 Å². The standard InChI is InChI=1S/C16H24FN3O/c1-2-18-16(20-14-7-3-4-8-14)19-10-11-21-15-9-5-6-13(17)12-15/h5-6,9,12,14H,2-4,7-8,10-11H2,1H3,(H2,18,19,20). The maximum Gasteiger partial charge on any atom is 0.191 e. The fourth-order valence-electron chi connectivity index (χ4n) is 2.46. The summed E-state index contributed by atoms with van der Waals surface area (Å²) in [4.78, 5) is 4.49. The van der Waals surface area contributed by atoms with Gasteiger partial charge in [0.25, 0.3) is 0 Å². The molecule has 0 atom stereocenters. The zero-order valence-electron chi connectivity index (χ0n) is 12.6. The molecule has 1 fully saturated rings. The van der Waals surface area contributed by atoms with Gasteiger partial charge >= 0.3 is 0 Å². The molecule has 0 radical (unpaired) electrons. The molecule has 0 spiro atoms. The van der Waals surface area contributed by atoms with Gasteiger partial charge in [0, 0.05) is 18.7 Å². The number of ether oxygens (including phenoxy) is 1. The normalized spacial score (nSPS) is 16.0. The van der Waals surface area contributed by atoms with Crippen molar-refractivity contribution in [2.45, 2.75) is 38.6 Å². The highest BCUT2D eigenvalue weighted by Crippen LogP contribution is 2.17. The van der Waals surface area contributed by atoms with Crippen LogP contribution in [0.25, 0.3) is 0 Å². The van der Waals surface area contributed by atoms with E-state index in [1.165, 1.54) is 37.8 Å². The highest BCUT2D eigenvalue weighted by Gasteiger charge is 2.15. The van der Waals surface area contributed by atoms with Crippen LogP contribution in [0, 0.1) is 5.82 Å². The highest BCUT2D eigenvalue weighted by molar-refractivity contribution is 5.80. The van der Waals surface area contributed by atoms with E-state index in [0.29, 0.717) is 24.9 Å². The maximum atomic E-state index is 13.0. The van der Waals surface area contributed by atoms with E-state index in [1.807, 2.05) is 0 Å². The molecule has 21 heavy (non-hydrogen) atoms. The second-order valence-corrected chi connectivity index (χ2v) is 5.19. The van der Waals surface area contributed by atoms with Crippen molar-refractivity contribution in [1.82, 2.24) is 10.6 Å². The second kappa shape index (κ2) is 8.49. The predicted molar refractivity (Wildman–Crippen MR) is 83.3 cm³/mol. The molecule has 2 N–H and O–H groups in total. The zero-order valence-corrected chi connectivity index (χ0v) is 12.6. The predicted octanol–water partition coefficient (Wildman–Crippen LogP) is 2.70. The molecule has 0 amide bonds. The van der Waals surface area contributed by atoms with Gasteiger partial charge in [-0.2, -0.15) is 0 Å². The van der Waals surface area contributed by atoms with E-state index >= 15 is 0 Å². The first-order chi connectivity index (χ1) is 10.3. The molecular weight excluding hydrogens is 269 g/mol. The number of nitrogens with zero attached hydrogens (tertiary/aromatic N) is 1. The molecule has 5 heteroatoms. The Morgan fingerprint density at radius 3 is 2.90 bits per heavy atom. The summed E-state index contributed by atoms with van der Waals surface area (Å²) in [6.45, 7) is 3.86. The van der Waals surface area contributed by atoms with Crippen molar-refractivity contribution in [3.05, 3.63) is 30.1 Å². The van der Waals surface area contributed by atoms with Crippen LogP contribution < -0.4 is 15.4 Å². The molecule has 4 nitrogen and oxygen atoms in total. The van der Waals surface area contributed by atoms with Crippen molar-refractivity contribution in [3.8, 4) is 5.75 Å². The van der Waals surface area contributed by atoms with Crippen LogP contribution in [0.5, 0.6) is 5.75 Å². The fourth-order valence-corrected chi connectivity index (χ4v) is 2.46. The first-order valence-electron chi connectivity index (χ1n) is 7.71. The van der Waals surface area contributed by atoms with Crippen LogP contribution in [0.1, 0.15) is 32.6 Å². The highest BCUT2D eigenvalue weighted by atomic mass is 19.1. The molecule has 1 aromatic carbocycles. The van der Waals surface area contributed by atoms with Crippen molar-refractivity contribution in [2.24, 2.45) is 4.99 Å². The SMILES string of the molecule is CCNC(=NCCOc1cccc(F)c1)NC1CCCC1. The van der Waals surface area contributed by atoms with Gasteiger partial charge in [0.2, 0.25) is 0 Å². The van der Waals surface area contributed by atoms with Crippen LogP contribution in [-0.2, 0) is 0 Å². The Hall–Kier alpha value is -1.78. The number of nitrogens with one attached hydrogen (secondary N) is 2. The third-order valence-corrected chi connectivity index (χ3v) is 3.47. The molecule has 1 aliphatic carbocycles. The minimum Gasteiger partial charge on any atom is -0.492 e. The molecule has 1 saturated carbocycles. The van der Waals surface area contributed by atoms with Crippen molar-refractivity contribution in [1.29, 1.82) is 0 Å². The van der Waals surface area contributed by atoms with E-state index in [0.717, 1.165) is 12.5 Å². The van der Waals surface area contributed by atoms with E-state index in [9.17, 15) is 4.39 Å². The van der Waals surface area contributed by atoms with Gasteiger partial charge in [-0.15, -0.1) is 0 Å². The molecule has 116 valence electrons. The fraction of sp³-hybridized carbons (Fsp3) is 0.562. The lowest BCUT2D eigenvalue weighted by atomic mass is 10.2.